The molecule has 2 unspecified atom stereocenters. The molecule has 0 amide bonds. The number of hydrogen-bond donors (Lipinski definition) is 0. The third-order valence-electron chi connectivity index (χ3n) is 5.38. The highest BCUT2D eigenvalue weighted by atomic mass is 14.7. The number of fused-ring (bicyclic) bond motifs is 1. The fourth-order valence-electron chi connectivity index (χ4n) is 3.69. The Morgan fingerprint density at radius 1 is 1.07 bits per heavy atom. The number of allylic oxidation sites excluding steroid dienone is 2. The summed E-state index contributed by atoms with van der Waals surface area (Å²) in [7, 11) is 0. The Labute approximate surface area is 87.8 Å². The van der Waals surface area contributed by atoms with Crippen LogP contribution >= 0.6 is 0 Å². The molecule has 78 valence electrons. The van der Waals surface area contributed by atoms with Crippen molar-refractivity contribution in [2.24, 2.45) is 16.2 Å². The first-order chi connectivity index (χ1) is 6.64. The van der Waals surface area contributed by atoms with Crippen LogP contribution < -0.4 is 0 Å². The van der Waals surface area contributed by atoms with Gasteiger partial charge in [-0.3, -0.25) is 0 Å². The SMILES string of the molecule is CCC12CCCC1(/C=C/C1(C)CC1)C2. The van der Waals surface area contributed by atoms with Crippen molar-refractivity contribution in [3.8, 4) is 0 Å². The second-order valence-corrected chi connectivity index (χ2v) is 6.31. The van der Waals surface area contributed by atoms with Crippen molar-refractivity contribution >= 4 is 0 Å². The summed E-state index contributed by atoms with van der Waals surface area (Å²) in [6.07, 6.45) is 15.4. The Morgan fingerprint density at radius 2 is 1.86 bits per heavy atom. The fraction of sp³-hybridized carbons (Fsp3) is 0.857. The van der Waals surface area contributed by atoms with Gasteiger partial charge in [0.05, 0.1) is 0 Å². The maximum atomic E-state index is 2.62. The van der Waals surface area contributed by atoms with E-state index in [9.17, 15) is 0 Å². The molecule has 0 aromatic rings. The van der Waals surface area contributed by atoms with Crippen LogP contribution in [0.2, 0.25) is 0 Å². The minimum Gasteiger partial charge on any atom is -0.0820 e. The quantitative estimate of drug-likeness (QED) is 0.582. The molecule has 3 aliphatic rings. The van der Waals surface area contributed by atoms with E-state index in [-0.39, 0.29) is 0 Å². The van der Waals surface area contributed by atoms with E-state index in [1.165, 1.54) is 44.9 Å². The zero-order valence-electron chi connectivity index (χ0n) is 9.60. The first-order valence-electron chi connectivity index (χ1n) is 6.34. The van der Waals surface area contributed by atoms with Crippen LogP contribution in [0.3, 0.4) is 0 Å². The number of hydrogen-bond acceptors (Lipinski definition) is 0. The van der Waals surface area contributed by atoms with Gasteiger partial charge in [0.1, 0.15) is 0 Å². The van der Waals surface area contributed by atoms with Gasteiger partial charge in [-0.2, -0.15) is 0 Å². The van der Waals surface area contributed by atoms with Gasteiger partial charge in [0.2, 0.25) is 0 Å². The van der Waals surface area contributed by atoms with Crippen molar-refractivity contribution in [2.45, 2.75) is 58.8 Å². The highest BCUT2D eigenvalue weighted by molar-refractivity contribution is 5.27. The Bertz CT molecular complexity index is 284. The minimum absolute atomic E-state index is 0.611. The molecule has 3 rings (SSSR count). The summed E-state index contributed by atoms with van der Waals surface area (Å²) >= 11 is 0. The molecular formula is C14H22. The van der Waals surface area contributed by atoms with E-state index in [1.807, 2.05) is 0 Å². The molecule has 3 fully saturated rings. The standard InChI is InChI=1S/C14H22/c1-3-13-5-4-6-14(13,11-13)10-9-12(2)7-8-12/h9-10H,3-8,11H2,1-2H3/b10-9+. The lowest BCUT2D eigenvalue weighted by Gasteiger charge is -2.13. The summed E-state index contributed by atoms with van der Waals surface area (Å²) in [6, 6.07) is 0. The summed E-state index contributed by atoms with van der Waals surface area (Å²) in [4.78, 5) is 0. The minimum atomic E-state index is 0.611. The van der Waals surface area contributed by atoms with Crippen LogP contribution in [-0.2, 0) is 0 Å². The van der Waals surface area contributed by atoms with Crippen molar-refractivity contribution in [3.63, 3.8) is 0 Å². The van der Waals surface area contributed by atoms with Crippen molar-refractivity contribution in [1.29, 1.82) is 0 Å². The molecule has 0 spiro atoms. The van der Waals surface area contributed by atoms with E-state index in [1.54, 1.807) is 0 Å². The van der Waals surface area contributed by atoms with Crippen LogP contribution in [-0.4, -0.2) is 0 Å². The molecule has 0 radical (unpaired) electrons. The number of rotatable bonds is 3. The Kier molecular flexibility index (Phi) is 1.58. The van der Waals surface area contributed by atoms with Crippen molar-refractivity contribution in [1.82, 2.24) is 0 Å². The summed E-state index contributed by atoms with van der Waals surface area (Å²) in [6.45, 7) is 4.80. The largest absolute Gasteiger partial charge is 0.0820 e. The summed E-state index contributed by atoms with van der Waals surface area (Å²) in [5.74, 6) is 0. The molecule has 0 heteroatoms. The van der Waals surface area contributed by atoms with E-state index < -0.39 is 0 Å². The Morgan fingerprint density at radius 3 is 2.43 bits per heavy atom. The molecule has 0 heterocycles. The molecule has 0 aromatic carbocycles. The zero-order chi connectivity index (χ0) is 9.86. The van der Waals surface area contributed by atoms with Gasteiger partial charge >= 0.3 is 0 Å². The van der Waals surface area contributed by atoms with Crippen LogP contribution in [0.4, 0.5) is 0 Å². The predicted molar refractivity (Wildman–Crippen MR) is 60.1 cm³/mol. The highest BCUT2D eigenvalue weighted by Gasteiger charge is 2.66. The van der Waals surface area contributed by atoms with Crippen LogP contribution in [0.25, 0.3) is 0 Å². The average Bonchev–Trinajstić information content (AvgIpc) is 3.04. The molecule has 3 aliphatic carbocycles. The van der Waals surface area contributed by atoms with Gasteiger partial charge in [-0.25, -0.2) is 0 Å². The summed E-state index contributed by atoms with van der Waals surface area (Å²) in [5.41, 5.74) is 2.04. The van der Waals surface area contributed by atoms with Gasteiger partial charge in [0.15, 0.2) is 0 Å². The molecule has 0 bridgehead atoms. The van der Waals surface area contributed by atoms with Crippen molar-refractivity contribution < 1.29 is 0 Å². The molecule has 0 aliphatic heterocycles. The molecule has 2 atom stereocenters. The lowest BCUT2D eigenvalue weighted by atomic mass is 9.92. The van der Waals surface area contributed by atoms with Crippen molar-refractivity contribution in [3.05, 3.63) is 12.2 Å². The molecule has 14 heavy (non-hydrogen) atoms. The van der Waals surface area contributed by atoms with E-state index in [4.69, 9.17) is 0 Å². The van der Waals surface area contributed by atoms with Crippen LogP contribution in [0.1, 0.15) is 58.8 Å². The molecule has 0 saturated heterocycles. The second-order valence-electron chi connectivity index (χ2n) is 6.31. The van der Waals surface area contributed by atoms with Gasteiger partial charge in [0.25, 0.3) is 0 Å². The normalized spacial score (nSPS) is 48.1. The second kappa shape index (κ2) is 2.46. The predicted octanol–water partition coefficient (Wildman–Crippen LogP) is 4.31. The van der Waals surface area contributed by atoms with E-state index in [0.717, 1.165) is 5.41 Å². The molecule has 0 N–H and O–H groups in total. The average molecular weight is 190 g/mol. The van der Waals surface area contributed by atoms with Crippen LogP contribution in [0, 0.1) is 16.2 Å². The highest BCUT2D eigenvalue weighted by Crippen LogP contribution is 2.76. The third-order valence-corrected chi connectivity index (χ3v) is 5.38. The topological polar surface area (TPSA) is 0 Å². The van der Waals surface area contributed by atoms with Crippen LogP contribution in [0.15, 0.2) is 12.2 Å². The summed E-state index contributed by atoms with van der Waals surface area (Å²) in [5, 5.41) is 0. The Hall–Kier alpha value is -0.260. The maximum absolute atomic E-state index is 2.62. The van der Waals surface area contributed by atoms with E-state index in [2.05, 4.69) is 26.0 Å². The first-order valence-corrected chi connectivity index (χ1v) is 6.34. The van der Waals surface area contributed by atoms with Gasteiger partial charge < -0.3 is 0 Å². The molecule has 0 nitrogen and oxygen atoms in total. The molecule has 0 aromatic heterocycles. The fourth-order valence-corrected chi connectivity index (χ4v) is 3.69. The smallest absolute Gasteiger partial charge is 0.00558 e. The van der Waals surface area contributed by atoms with E-state index >= 15 is 0 Å². The van der Waals surface area contributed by atoms with E-state index in [0.29, 0.717) is 10.8 Å². The lowest BCUT2D eigenvalue weighted by Crippen LogP contribution is -2.03. The van der Waals surface area contributed by atoms with Gasteiger partial charge in [-0.05, 0) is 54.8 Å². The zero-order valence-corrected chi connectivity index (χ0v) is 9.60. The molecule has 3 saturated carbocycles. The van der Waals surface area contributed by atoms with Crippen LogP contribution in [0.5, 0.6) is 0 Å². The van der Waals surface area contributed by atoms with Crippen molar-refractivity contribution in [2.75, 3.05) is 0 Å². The first kappa shape index (κ1) is 9.00. The third kappa shape index (κ3) is 1.06. The Balaban J connectivity index is 1.76. The molecular weight excluding hydrogens is 168 g/mol. The maximum Gasteiger partial charge on any atom is -0.00558 e. The summed E-state index contributed by atoms with van der Waals surface area (Å²) < 4.78 is 0. The van der Waals surface area contributed by atoms with Gasteiger partial charge in [-0.1, -0.05) is 32.4 Å². The monoisotopic (exact) mass is 190 g/mol. The van der Waals surface area contributed by atoms with Gasteiger partial charge in [0, 0.05) is 0 Å². The lowest BCUT2D eigenvalue weighted by molar-refractivity contribution is 0.431. The van der Waals surface area contributed by atoms with Gasteiger partial charge in [-0.15, -0.1) is 0 Å².